The average molecular weight is 626 g/mol. The van der Waals surface area contributed by atoms with Crippen molar-refractivity contribution in [3.63, 3.8) is 0 Å². The van der Waals surface area contributed by atoms with Crippen LogP contribution in [0.5, 0.6) is 11.5 Å². The number of carbonyl (C=O) groups is 4. The Balaban J connectivity index is 1.51. The molecule has 6 rings (SSSR count). The van der Waals surface area contributed by atoms with Crippen molar-refractivity contribution in [3.8, 4) is 11.5 Å². The molecule has 0 aromatic heterocycles. The number of imide groups is 2. The summed E-state index contributed by atoms with van der Waals surface area (Å²) in [5.41, 5.74) is -10.2. The number of fused-ring (bicyclic) bond motifs is 2. The highest BCUT2D eigenvalue weighted by atomic mass is 19.4. The van der Waals surface area contributed by atoms with Crippen LogP contribution in [-0.2, 0) is 5.41 Å². The smallest absolute Gasteiger partial charge is 0.411 e. The molecule has 4 aromatic carbocycles. The molecule has 2 N–H and O–H groups in total. The van der Waals surface area contributed by atoms with E-state index in [4.69, 9.17) is 0 Å². The molecule has 4 aromatic rings. The molecule has 0 fully saturated rings. The SMILES string of the molecule is O=C1c2ccc(C(c3ccc4c(c3)C(=O)N(c3ccc(O)cc3)C4=O)(C(F)(F)F)C(F)(F)F)cc2C(=O)N1c1ccc(O)cc1. The standard InChI is InChI=1S/C31H16F6N2O6/c32-30(33,34)29(31(35,36)37,15-1-11-21-23(13-15)27(44)38(25(21)42)17-3-7-19(40)8-4-17)16-2-12-22-24(14-16)28(45)39(26(22)43)18-5-9-20(41)10-6-18/h1-14,40-41H. The van der Waals surface area contributed by atoms with Crippen LogP contribution in [0.25, 0.3) is 0 Å². The van der Waals surface area contributed by atoms with Crippen molar-refractivity contribution in [2.45, 2.75) is 17.8 Å². The van der Waals surface area contributed by atoms with Crippen LogP contribution in [0, 0.1) is 0 Å². The van der Waals surface area contributed by atoms with Crippen molar-refractivity contribution in [2.75, 3.05) is 9.80 Å². The molecule has 2 aliphatic rings. The van der Waals surface area contributed by atoms with Gasteiger partial charge in [-0.25, -0.2) is 9.80 Å². The van der Waals surface area contributed by atoms with Gasteiger partial charge < -0.3 is 10.2 Å². The molecule has 2 heterocycles. The summed E-state index contributed by atoms with van der Waals surface area (Å²) in [6, 6.07) is 12.1. The summed E-state index contributed by atoms with van der Waals surface area (Å²) in [5, 5.41) is 19.0. The predicted molar refractivity (Wildman–Crippen MR) is 144 cm³/mol. The Bertz CT molecular complexity index is 1790. The minimum atomic E-state index is -6.11. The van der Waals surface area contributed by atoms with Gasteiger partial charge in [-0.05, 0) is 83.9 Å². The van der Waals surface area contributed by atoms with Gasteiger partial charge in [0.25, 0.3) is 23.6 Å². The number of carbonyl (C=O) groups excluding carboxylic acids is 4. The van der Waals surface area contributed by atoms with Crippen LogP contribution < -0.4 is 9.80 Å². The summed E-state index contributed by atoms with van der Waals surface area (Å²) >= 11 is 0. The number of hydrogen-bond acceptors (Lipinski definition) is 6. The van der Waals surface area contributed by atoms with Crippen LogP contribution in [0.1, 0.15) is 52.6 Å². The monoisotopic (exact) mass is 626 g/mol. The number of nitrogens with zero attached hydrogens (tertiary/aromatic N) is 2. The lowest BCUT2D eigenvalue weighted by atomic mass is 9.71. The maximum Gasteiger partial charge on any atom is 0.411 e. The Morgan fingerprint density at radius 2 is 0.756 bits per heavy atom. The van der Waals surface area contributed by atoms with Gasteiger partial charge in [-0.2, -0.15) is 26.3 Å². The van der Waals surface area contributed by atoms with E-state index in [-0.39, 0.29) is 22.9 Å². The fraction of sp³-hybridized carbons (Fsp3) is 0.0968. The molecule has 0 unspecified atom stereocenters. The number of anilines is 2. The van der Waals surface area contributed by atoms with Gasteiger partial charge in [-0.3, -0.25) is 19.2 Å². The van der Waals surface area contributed by atoms with Gasteiger partial charge in [0.2, 0.25) is 5.41 Å². The first-order valence-electron chi connectivity index (χ1n) is 12.9. The van der Waals surface area contributed by atoms with Crippen molar-refractivity contribution in [1.29, 1.82) is 0 Å². The number of aromatic hydroxyl groups is 2. The van der Waals surface area contributed by atoms with Crippen LogP contribution in [0.3, 0.4) is 0 Å². The molecule has 0 saturated heterocycles. The van der Waals surface area contributed by atoms with Gasteiger partial charge in [0.05, 0.1) is 33.6 Å². The van der Waals surface area contributed by atoms with Gasteiger partial charge in [0.1, 0.15) is 11.5 Å². The lowest BCUT2D eigenvalue weighted by molar-refractivity contribution is -0.288. The molecule has 0 aliphatic carbocycles. The number of alkyl halides is 6. The van der Waals surface area contributed by atoms with Crippen molar-refractivity contribution in [1.82, 2.24) is 0 Å². The van der Waals surface area contributed by atoms with E-state index in [1.165, 1.54) is 0 Å². The van der Waals surface area contributed by atoms with E-state index in [1.54, 1.807) is 0 Å². The summed E-state index contributed by atoms with van der Waals surface area (Å²) in [7, 11) is 0. The summed E-state index contributed by atoms with van der Waals surface area (Å²) in [6.45, 7) is 0. The first-order valence-corrected chi connectivity index (χ1v) is 12.9. The van der Waals surface area contributed by atoms with Gasteiger partial charge in [0.15, 0.2) is 0 Å². The van der Waals surface area contributed by atoms with Crippen LogP contribution in [0.2, 0.25) is 0 Å². The lowest BCUT2D eigenvalue weighted by Gasteiger charge is -2.38. The zero-order valence-electron chi connectivity index (χ0n) is 22.3. The molecule has 0 saturated carbocycles. The molecule has 4 amide bonds. The zero-order chi connectivity index (χ0) is 32.6. The molecule has 0 bridgehead atoms. The molecule has 14 heteroatoms. The zero-order valence-corrected chi connectivity index (χ0v) is 22.3. The minimum absolute atomic E-state index is 0.0848. The van der Waals surface area contributed by atoms with E-state index in [0.717, 1.165) is 48.5 Å². The topological polar surface area (TPSA) is 115 Å². The highest BCUT2D eigenvalue weighted by Crippen LogP contribution is 2.57. The molecular weight excluding hydrogens is 610 g/mol. The Hall–Kier alpha value is -5.66. The molecule has 0 spiro atoms. The van der Waals surface area contributed by atoms with Gasteiger partial charge in [-0.1, -0.05) is 12.1 Å². The first-order chi connectivity index (χ1) is 21.1. The third-order valence-electron chi connectivity index (χ3n) is 7.71. The minimum Gasteiger partial charge on any atom is -0.508 e. The predicted octanol–water partition coefficient (Wildman–Crippen LogP) is 6.11. The Morgan fingerprint density at radius 3 is 1.07 bits per heavy atom. The second-order valence-electron chi connectivity index (χ2n) is 10.2. The second-order valence-corrected chi connectivity index (χ2v) is 10.2. The normalized spacial score (nSPS) is 15.2. The van der Waals surface area contributed by atoms with Crippen LogP contribution in [0.15, 0.2) is 84.9 Å². The summed E-state index contributed by atoms with van der Waals surface area (Å²) in [6.07, 6.45) is -12.2. The number of rotatable bonds is 4. The van der Waals surface area contributed by atoms with E-state index in [0.29, 0.717) is 46.2 Å². The van der Waals surface area contributed by atoms with Gasteiger partial charge in [-0.15, -0.1) is 0 Å². The van der Waals surface area contributed by atoms with Crippen molar-refractivity contribution in [2.24, 2.45) is 0 Å². The van der Waals surface area contributed by atoms with E-state index in [2.05, 4.69) is 0 Å². The number of benzene rings is 4. The Morgan fingerprint density at radius 1 is 0.444 bits per heavy atom. The number of phenolic OH excluding ortho intramolecular Hbond substituents is 2. The molecule has 0 radical (unpaired) electrons. The third kappa shape index (κ3) is 4.16. The molecular formula is C31H16F6N2O6. The number of hydrogen-bond donors (Lipinski definition) is 2. The maximum atomic E-state index is 15.0. The second kappa shape index (κ2) is 9.67. The summed E-state index contributed by atoms with van der Waals surface area (Å²) in [4.78, 5) is 53.5. The molecule has 8 nitrogen and oxygen atoms in total. The van der Waals surface area contributed by atoms with Crippen LogP contribution in [0.4, 0.5) is 37.7 Å². The fourth-order valence-corrected chi connectivity index (χ4v) is 5.60. The third-order valence-corrected chi connectivity index (χ3v) is 7.71. The molecule has 228 valence electrons. The van der Waals surface area contributed by atoms with Gasteiger partial charge >= 0.3 is 12.4 Å². The molecule has 0 atom stereocenters. The summed E-state index contributed by atoms with van der Waals surface area (Å²) < 4.78 is 89.8. The van der Waals surface area contributed by atoms with Gasteiger partial charge in [0, 0.05) is 0 Å². The Kier molecular flexibility index (Phi) is 6.32. The quantitative estimate of drug-likeness (QED) is 0.209. The molecule has 2 aliphatic heterocycles. The fourth-order valence-electron chi connectivity index (χ4n) is 5.60. The number of amides is 4. The molecule has 45 heavy (non-hydrogen) atoms. The van der Waals surface area contributed by atoms with Crippen molar-refractivity contribution >= 4 is 35.0 Å². The largest absolute Gasteiger partial charge is 0.508 e. The van der Waals surface area contributed by atoms with Crippen molar-refractivity contribution < 1.29 is 55.7 Å². The summed E-state index contributed by atoms with van der Waals surface area (Å²) in [5.74, 6) is -4.85. The van der Waals surface area contributed by atoms with E-state index >= 15 is 0 Å². The highest BCUT2D eigenvalue weighted by molar-refractivity contribution is 6.35. The van der Waals surface area contributed by atoms with E-state index in [9.17, 15) is 55.7 Å². The van der Waals surface area contributed by atoms with Crippen molar-refractivity contribution in [3.05, 3.63) is 118 Å². The van der Waals surface area contributed by atoms with Crippen LogP contribution >= 0.6 is 0 Å². The average Bonchev–Trinajstić information content (AvgIpc) is 3.36. The van der Waals surface area contributed by atoms with E-state index in [1.807, 2.05) is 0 Å². The van der Waals surface area contributed by atoms with Crippen LogP contribution in [-0.4, -0.2) is 46.2 Å². The maximum absolute atomic E-state index is 15.0. The highest BCUT2D eigenvalue weighted by Gasteiger charge is 2.73. The van der Waals surface area contributed by atoms with E-state index < -0.39 is 74.8 Å². The first kappa shape index (κ1) is 29.4. The Labute approximate surface area is 248 Å². The number of phenols is 2. The lowest BCUT2D eigenvalue weighted by Crippen LogP contribution is -2.55. The number of halogens is 6.